The summed E-state index contributed by atoms with van der Waals surface area (Å²) in [5.74, 6) is 0.372. The van der Waals surface area contributed by atoms with Crippen molar-refractivity contribution in [2.45, 2.75) is 6.54 Å². The van der Waals surface area contributed by atoms with E-state index in [-0.39, 0.29) is 24.0 Å². The van der Waals surface area contributed by atoms with E-state index >= 15 is 0 Å². The number of phenolic OH excluding ortho intramolecular Hbond substituents is 1. The molecule has 3 heteroatoms. The SMILES string of the molecule is CN1C=Cc2c(O)cccc2C1.I. The van der Waals surface area contributed by atoms with Crippen LogP contribution in [0.5, 0.6) is 5.75 Å². The van der Waals surface area contributed by atoms with Crippen molar-refractivity contribution >= 4 is 30.1 Å². The number of rotatable bonds is 0. The van der Waals surface area contributed by atoms with E-state index < -0.39 is 0 Å². The number of hydrogen-bond donors (Lipinski definition) is 1. The highest BCUT2D eigenvalue weighted by atomic mass is 127. The van der Waals surface area contributed by atoms with Crippen molar-refractivity contribution in [3.63, 3.8) is 0 Å². The van der Waals surface area contributed by atoms with E-state index in [9.17, 15) is 5.11 Å². The third-order valence-corrected chi connectivity index (χ3v) is 2.09. The highest BCUT2D eigenvalue weighted by molar-refractivity contribution is 14.0. The number of aromatic hydroxyl groups is 1. The van der Waals surface area contributed by atoms with Crippen molar-refractivity contribution in [3.05, 3.63) is 35.5 Å². The second-order valence-electron chi connectivity index (χ2n) is 3.08. The van der Waals surface area contributed by atoms with E-state index in [1.165, 1.54) is 5.56 Å². The van der Waals surface area contributed by atoms with Gasteiger partial charge in [-0.25, -0.2) is 0 Å². The van der Waals surface area contributed by atoms with Crippen LogP contribution < -0.4 is 0 Å². The third kappa shape index (κ3) is 1.96. The molecule has 13 heavy (non-hydrogen) atoms. The lowest BCUT2D eigenvalue weighted by Crippen LogP contribution is -2.14. The van der Waals surface area contributed by atoms with E-state index in [1.807, 2.05) is 31.5 Å². The minimum absolute atomic E-state index is 0. The molecule has 1 aromatic rings. The summed E-state index contributed by atoms with van der Waals surface area (Å²) >= 11 is 0. The van der Waals surface area contributed by atoms with Crippen molar-refractivity contribution in [3.8, 4) is 5.75 Å². The van der Waals surface area contributed by atoms with Gasteiger partial charge in [0, 0.05) is 19.2 Å². The van der Waals surface area contributed by atoms with Crippen LogP contribution in [0, 0.1) is 0 Å². The molecule has 0 aliphatic carbocycles. The Morgan fingerprint density at radius 1 is 1.38 bits per heavy atom. The van der Waals surface area contributed by atoms with Gasteiger partial charge in [-0.05, 0) is 23.9 Å². The number of fused-ring (bicyclic) bond motifs is 1. The minimum atomic E-state index is 0. The van der Waals surface area contributed by atoms with Gasteiger partial charge in [-0.1, -0.05) is 12.1 Å². The molecule has 0 saturated carbocycles. The van der Waals surface area contributed by atoms with Gasteiger partial charge in [-0.15, -0.1) is 24.0 Å². The van der Waals surface area contributed by atoms with Crippen LogP contribution in [0.15, 0.2) is 24.4 Å². The zero-order valence-electron chi connectivity index (χ0n) is 7.40. The van der Waals surface area contributed by atoms with Crippen molar-refractivity contribution in [1.29, 1.82) is 0 Å². The van der Waals surface area contributed by atoms with E-state index in [2.05, 4.69) is 4.90 Å². The highest BCUT2D eigenvalue weighted by Crippen LogP contribution is 2.26. The zero-order chi connectivity index (χ0) is 8.55. The molecule has 2 nitrogen and oxygen atoms in total. The average molecular weight is 289 g/mol. The third-order valence-electron chi connectivity index (χ3n) is 2.09. The summed E-state index contributed by atoms with van der Waals surface area (Å²) in [6.07, 6.45) is 3.91. The fourth-order valence-corrected chi connectivity index (χ4v) is 1.45. The number of halogens is 1. The molecule has 70 valence electrons. The van der Waals surface area contributed by atoms with E-state index in [0.717, 1.165) is 12.1 Å². The zero-order valence-corrected chi connectivity index (χ0v) is 9.73. The quantitative estimate of drug-likeness (QED) is 0.741. The second-order valence-corrected chi connectivity index (χ2v) is 3.08. The van der Waals surface area contributed by atoms with Crippen molar-refractivity contribution < 1.29 is 5.11 Å². The molecule has 1 heterocycles. The van der Waals surface area contributed by atoms with Crippen LogP contribution in [0.3, 0.4) is 0 Å². The van der Waals surface area contributed by atoms with Crippen LogP contribution >= 0.6 is 24.0 Å². The van der Waals surface area contributed by atoms with Gasteiger partial charge in [0.15, 0.2) is 0 Å². The molecule has 0 fully saturated rings. The minimum Gasteiger partial charge on any atom is -0.507 e. The lowest BCUT2D eigenvalue weighted by Gasteiger charge is -2.20. The predicted octanol–water partition coefficient (Wildman–Crippen LogP) is 2.43. The molecule has 0 spiro atoms. The Bertz CT molecular complexity index is 336. The Labute approximate surface area is 94.9 Å². The Morgan fingerprint density at radius 2 is 2.15 bits per heavy atom. The van der Waals surface area contributed by atoms with Crippen LogP contribution in [0.4, 0.5) is 0 Å². The predicted molar refractivity (Wildman–Crippen MR) is 64.0 cm³/mol. The van der Waals surface area contributed by atoms with Gasteiger partial charge in [0.1, 0.15) is 5.75 Å². The highest BCUT2D eigenvalue weighted by Gasteiger charge is 2.09. The Balaban J connectivity index is 0.000000845. The Kier molecular flexibility index (Phi) is 3.19. The maximum atomic E-state index is 9.47. The molecule has 0 bridgehead atoms. The fraction of sp³-hybridized carbons (Fsp3) is 0.200. The number of phenols is 1. The van der Waals surface area contributed by atoms with Crippen LogP contribution in [0.25, 0.3) is 6.08 Å². The summed E-state index contributed by atoms with van der Waals surface area (Å²) in [7, 11) is 2.02. The van der Waals surface area contributed by atoms with Gasteiger partial charge >= 0.3 is 0 Å². The fourth-order valence-electron chi connectivity index (χ4n) is 1.45. The van der Waals surface area contributed by atoms with Crippen molar-refractivity contribution in [2.24, 2.45) is 0 Å². The molecule has 0 unspecified atom stereocenters. The molecule has 1 N–H and O–H groups in total. The van der Waals surface area contributed by atoms with Crippen LogP contribution in [0.1, 0.15) is 11.1 Å². The lowest BCUT2D eigenvalue weighted by molar-refractivity contribution is 0.437. The molecule has 0 atom stereocenters. The first-order chi connectivity index (χ1) is 5.77. The van der Waals surface area contributed by atoms with E-state index in [0.29, 0.717) is 5.75 Å². The van der Waals surface area contributed by atoms with Crippen molar-refractivity contribution in [2.75, 3.05) is 7.05 Å². The number of benzene rings is 1. The second kappa shape index (κ2) is 4.00. The lowest BCUT2D eigenvalue weighted by atomic mass is 10.0. The van der Waals surface area contributed by atoms with Gasteiger partial charge in [0.25, 0.3) is 0 Å². The molecule has 1 aliphatic heterocycles. The summed E-state index contributed by atoms with van der Waals surface area (Å²) in [6, 6.07) is 5.63. The van der Waals surface area contributed by atoms with E-state index in [1.54, 1.807) is 6.07 Å². The molecule has 0 aromatic heterocycles. The average Bonchev–Trinajstić information content (AvgIpc) is 2.04. The monoisotopic (exact) mass is 289 g/mol. The van der Waals surface area contributed by atoms with Crippen LogP contribution in [-0.2, 0) is 6.54 Å². The number of hydrogen-bond acceptors (Lipinski definition) is 2. The van der Waals surface area contributed by atoms with Crippen LogP contribution in [-0.4, -0.2) is 17.1 Å². The first-order valence-electron chi connectivity index (χ1n) is 3.96. The summed E-state index contributed by atoms with van der Waals surface area (Å²) in [5.41, 5.74) is 2.13. The van der Waals surface area contributed by atoms with Gasteiger partial charge in [-0.3, -0.25) is 0 Å². The number of nitrogens with zero attached hydrogens (tertiary/aromatic N) is 1. The van der Waals surface area contributed by atoms with Gasteiger partial charge in [0.2, 0.25) is 0 Å². The van der Waals surface area contributed by atoms with Gasteiger partial charge in [-0.2, -0.15) is 0 Å². The van der Waals surface area contributed by atoms with Gasteiger partial charge in [0.05, 0.1) is 0 Å². The Morgan fingerprint density at radius 3 is 2.92 bits per heavy atom. The smallest absolute Gasteiger partial charge is 0.123 e. The van der Waals surface area contributed by atoms with Gasteiger partial charge < -0.3 is 10.0 Å². The molecular formula is C10H12INO. The van der Waals surface area contributed by atoms with Crippen LogP contribution in [0.2, 0.25) is 0 Å². The normalized spacial score (nSPS) is 13.5. The van der Waals surface area contributed by atoms with E-state index in [4.69, 9.17) is 0 Å². The maximum Gasteiger partial charge on any atom is 0.123 e. The maximum absolute atomic E-state index is 9.47. The molecule has 1 aromatic carbocycles. The largest absolute Gasteiger partial charge is 0.507 e. The molecule has 0 amide bonds. The summed E-state index contributed by atoms with van der Waals surface area (Å²) in [4.78, 5) is 2.09. The first kappa shape index (κ1) is 10.4. The standard InChI is InChI=1S/C10H11NO.HI/c1-11-6-5-9-8(7-11)3-2-4-10(9)12;/h2-6,12H,7H2,1H3;1H. The topological polar surface area (TPSA) is 23.5 Å². The molecule has 0 saturated heterocycles. The Hall–Kier alpha value is -0.710. The summed E-state index contributed by atoms with van der Waals surface area (Å²) in [5, 5.41) is 9.47. The molecular weight excluding hydrogens is 277 g/mol. The summed E-state index contributed by atoms with van der Waals surface area (Å²) in [6.45, 7) is 0.875. The molecule has 1 aliphatic rings. The van der Waals surface area contributed by atoms with Crippen molar-refractivity contribution in [1.82, 2.24) is 4.90 Å². The first-order valence-corrected chi connectivity index (χ1v) is 3.96. The molecule has 0 radical (unpaired) electrons. The molecule has 2 rings (SSSR count). The summed E-state index contributed by atoms with van der Waals surface area (Å²) < 4.78 is 0.